The third kappa shape index (κ3) is 4.41. The predicted molar refractivity (Wildman–Crippen MR) is 117 cm³/mol. The topological polar surface area (TPSA) is 87.0 Å². The molecule has 2 aromatic carbocycles. The SMILES string of the molecule is CCn1c(=NC(=O)CCS(=O)(=O)c2ccc(C)cc2)sc2c(OC)ccc(OC)c21. The van der Waals surface area contributed by atoms with Gasteiger partial charge in [0, 0.05) is 13.0 Å². The maximum Gasteiger partial charge on any atom is 0.249 e. The first-order valence-corrected chi connectivity index (χ1v) is 11.9. The molecule has 160 valence electrons. The second-order valence-electron chi connectivity index (χ2n) is 6.66. The quantitative estimate of drug-likeness (QED) is 0.553. The number of carbonyl (C=O) groups excluding carboxylic acids is 1. The minimum Gasteiger partial charge on any atom is -0.495 e. The zero-order valence-electron chi connectivity index (χ0n) is 17.3. The van der Waals surface area contributed by atoms with E-state index in [2.05, 4.69) is 4.99 Å². The summed E-state index contributed by atoms with van der Waals surface area (Å²) >= 11 is 1.31. The number of thiazole rings is 1. The highest BCUT2D eigenvalue weighted by Gasteiger charge is 2.18. The van der Waals surface area contributed by atoms with Crippen LogP contribution < -0.4 is 14.3 Å². The minimum atomic E-state index is -3.55. The number of aryl methyl sites for hydroxylation is 2. The molecule has 30 heavy (non-hydrogen) atoms. The fourth-order valence-corrected chi connectivity index (χ4v) is 5.53. The predicted octanol–water partition coefficient (Wildman–Crippen LogP) is 3.34. The molecule has 0 fully saturated rings. The van der Waals surface area contributed by atoms with Crippen molar-refractivity contribution in [3.05, 3.63) is 46.8 Å². The first-order valence-electron chi connectivity index (χ1n) is 9.42. The third-order valence-corrected chi connectivity index (χ3v) is 7.52. The number of hydrogen-bond acceptors (Lipinski definition) is 6. The number of rotatable bonds is 7. The Hall–Kier alpha value is -2.65. The van der Waals surface area contributed by atoms with Crippen molar-refractivity contribution in [2.45, 2.75) is 31.7 Å². The monoisotopic (exact) mass is 448 g/mol. The molecule has 0 unspecified atom stereocenters. The molecule has 0 spiro atoms. The van der Waals surface area contributed by atoms with Crippen LogP contribution in [0, 0.1) is 6.92 Å². The smallest absolute Gasteiger partial charge is 0.249 e. The van der Waals surface area contributed by atoms with E-state index in [1.165, 1.54) is 11.3 Å². The molecule has 0 radical (unpaired) electrons. The van der Waals surface area contributed by atoms with Crippen molar-refractivity contribution in [3.8, 4) is 11.5 Å². The van der Waals surface area contributed by atoms with Gasteiger partial charge in [0.05, 0.1) is 24.9 Å². The maximum absolute atomic E-state index is 12.5. The Morgan fingerprint density at radius 1 is 1.07 bits per heavy atom. The molecular formula is C21H24N2O5S2. The van der Waals surface area contributed by atoms with Gasteiger partial charge in [0.2, 0.25) is 5.91 Å². The number of hydrogen-bond donors (Lipinski definition) is 0. The van der Waals surface area contributed by atoms with Gasteiger partial charge in [-0.05, 0) is 38.1 Å². The molecule has 0 N–H and O–H groups in total. The highest BCUT2D eigenvalue weighted by molar-refractivity contribution is 7.91. The molecule has 0 aliphatic rings. The van der Waals surface area contributed by atoms with E-state index in [1.807, 2.05) is 18.4 Å². The van der Waals surface area contributed by atoms with E-state index in [1.54, 1.807) is 50.6 Å². The van der Waals surface area contributed by atoms with Gasteiger partial charge in [-0.3, -0.25) is 4.79 Å². The average molecular weight is 449 g/mol. The summed E-state index contributed by atoms with van der Waals surface area (Å²) in [6.07, 6.45) is -0.192. The van der Waals surface area contributed by atoms with Gasteiger partial charge >= 0.3 is 0 Å². The molecule has 9 heteroatoms. The summed E-state index contributed by atoms with van der Waals surface area (Å²) in [7, 11) is -0.392. The van der Waals surface area contributed by atoms with Gasteiger partial charge in [0.15, 0.2) is 14.6 Å². The Bertz CT molecular complexity index is 1240. The van der Waals surface area contributed by atoms with E-state index in [9.17, 15) is 13.2 Å². The number of ether oxygens (including phenoxy) is 2. The summed E-state index contributed by atoms with van der Waals surface area (Å²) < 4.78 is 38.6. The van der Waals surface area contributed by atoms with Crippen LogP contribution >= 0.6 is 11.3 Å². The van der Waals surface area contributed by atoms with Gasteiger partial charge in [-0.15, -0.1) is 0 Å². The van der Waals surface area contributed by atoms with E-state index < -0.39 is 15.7 Å². The second kappa shape index (κ2) is 9.01. The molecule has 1 amide bonds. The molecule has 1 heterocycles. The van der Waals surface area contributed by atoms with Gasteiger partial charge < -0.3 is 14.0 Å². The first kappa shape index (κ1) is 22.0. The van der Waals surface area contributed by atoms with Crippen LogP contribution in [0.1, 0.15) is 18.9 Å². The summed E-state index contributed by atoms with van der Waals surface area (Å²) in [5, 5.41) is 0. The highest BCUT2D eigenvalue weighted by Crippen LogP contribution is 2.35. The Balaban J connectivity index is 1.92. The highest BCUT2D eigenvalue weighted by atomic mass is 32.2. The van der Waals surface area contributed by atoms with Crippen molar-refractivity contribution < 1.29 is 22.7 Å². The normalized spacial score (nSPS) is 12.3. The number of carbonyl (C=O) groups is 1. The van der Waals surface area contributed by atoms with Crippen molar-refractivity contribution in [3.63, 3.8) is 0 Å². The van der Waals surface area contributed by atoms with E-state index in [-0.39, 0.29) is 17.1 Å². The van der Waals surface area contributed by atoms with Crippen molar-refractivity contribution in [2.75, 3.05) is 20.0 Å². The Morgan fingerprint density at radius 2 is 1.70 bits per heavy atom. The van der Waals surface area contributed by atoms with E-state index >= 15 is 0 Å². The summed E-state index contributed by atoms with van der Waals surface area (Å²) in [6.45, 7) is 4.39. The lowest BCUT2D eigenvalue weighted by molar-refractivity contribution is -0.117. The van der Waals surface area contributed by atoms with Crippen molar-refractivity contribution >= 4 is 37.3 Å². The molecule has 7 nitrogen and oxygen atoms in total. The Morgan fingerprint density at radius 3 is 2.30 bits per heavy atom. The number of aromatic nitrogens is 1. The van der Waals surface area contributed by atoms with Crippen LogP contribution in [0.25, 0.3) is 10.2 Å². The number of fused-ring (bicyclic) bond motifs is 1. The maximum atomic E-state index is 12.5. The zero-order valence-corrected chi connectivity index (χ0v) is 19.0. The van der Waals surface area contributed by atoms with Crippen LogP contribution in [-0.4, -0.2) is 38.9 Å². The lowest BCUT2D eigenvalue weighted by atomic mass is 10.2. The summed E-state index contributed by atoms with van der Waals surface area (Å²) in [5.74, 6) is 0.535. The lowest BCUT2D eigenvalue weighted by Gasteiger charge is -2.08. The van der Waals surface area contributed by atoms with Crippen LogP contribution in [0.15, 0.2) is 46.3 Å². The fourth-order valence-electron chi connectivity index (χ4n) is 3.08. The van der Waals surface area contributed by atoms with Gasteiger partial charge in [0.25, 0.3) is 0 Å². The Labute approximate surface area is 179 Å². The van der Waals surface area contributed by atoms with Gasteiger partial charge in [-0.1, -0.05) is 29.0 Å². The molecular weight excluding hydrogens is 424 g/mol. The van der Waals surface area contributed by atoms with E-state index in [0.717, 1.165) is 15.8 Å². The van der Waals surface area contributed by atoms with E-state index in [0.29, 0.717) is 22.8 Å². The first-order chi connectivity index (χ1) is 14.3. The minimum absolute atomic E-state index is 0.192. The third-order valence-electron chi connectivity index (χ3n) is 4.69. The van der Waals surface area contributed by atoms with Gasteiger partial charge in [-0.25, -0.2) is 8.42 Å². The number of sulfone groups is 1. The van der Waals surface area contributed by atoms with Crippen LogP contribution in [-0.2, 0) is 21.2 Å². The van der Waals surface area contributed by atoms with Gasteiger partial charge in [0.1, 0.15) is 21.7 Å². The van der Waals surface area contributed by atoms with Crippen LogP contribution in [0.5, 0.6) is 11.5 Å². The van der Waals surface area contributed by atoms with Crippen LogP contribution in [0.4, 0.5) is 0 Å². The van der Waals surface area contributed by atoms with Crippen molar-refractivity contribution in [1.29, 1.82) is 0 Å². The van der Waals surface area contributed by atoms with Crippen LogP contribution in [0.3, 0.4) is 0 Å². The largest absolute Gasteiger partial charge is 0.495 e. The second-order valence-corrected chi connectivity index (χ2v) is 9.75. The molecule has 0 aliphatic carbocycles. The molecule has 3 rings (SSSR count). The van der Waals surface area contributed by atoms with Gasteiger partial charge in [-0.2, -0.15) is 4.99 Å². The molecule has 3 aromatic rings. The van der Waals surface area contributed by atoms with Crippen LogP contribution in [0.2, 0.25) is 0 Å². The molecule has 0 bridgehead atoms. The van der Waals surface area contributed by atoms with E-state index in [4.69, 9.17) is 9.47 Å². The number of methoxy groups -OCH3 is 2. The number of benzene rings is 2. The molecule has 0 saturated heterocycles. The lowest BCUT2D eigenvalue weighted by Crippen LogP contribution is -2.17. The zero-order chi connectivity index (χ0) is 21.9. The van der Waals surface area contributed by atoms with Crippen molar-refractivity contribution in [2.24, 2.45) is 4.99 Å². The molecule has 0 saturated carbocycles. The van der Waals surface area contributed by atoms with Crippen molar-refractivity contribution in [1.82, 2.24) is 4.57 Å². The molecule has 0 aliphatic heterocycles. The standard InChI is InChI=1S/C21H24N2O5S2/c1-5-23-19-16(27-3)10-11-17(28-4)20(19)29-21(23)22-18(24)12-13-30(25,26)15-8-6-14(2)7-9-15/h6-11H,5,12-13H2,1-4H3. The summed E-state index contributed by atoms with van der Waals surface area (Å²) in [5.41, 5.74) is 1.77. The summed E-state index contributed by atoms with van der Waals surface area (Å²) in [6, 6.07) is 10.2. The number of amides is 1. The average Bonchev–Trinajstić information content (AvgIpc) is 3.10. The summed E-state index contributed by atoms with van der Waals surface area (Å²) in [4.78, 5) is 17.4. The fraction of sp³-hybridized carbons (Fsp3) is 0.333. The molecule has 0 atom stereocenters. The Kier molecular flexibility index (Phi) is 6.62. The number of nitrogens with zero attached hydrogens (tertiary/aromatic N) is 2. The molecule has 1 aromatic heterocycles.